The molecule has 0 bridgehead atoms. The van der Waals surface area contributed by atoms with Crippen molar-refractivity contribution in [2.45, 2.75) is 5.41 Å². The van der Waals surface area contributed by atoms with E-state index < -0.39 is 5.41 Å². The molecule has 1 aliphatic carbocycles. The molecule has 0 saturated carbocycles. The number of fused-ring (bicyclic) bond motifs is 4. The average Bonchev–Trinajstić information content (AvgIpc) is 3.63. The summed E-state index contributed by atoms with van der Waals surface area (Å²) in [4.78, 5) is 2.42. The van der Waals surface area contributed by atoms with Crippen LogP contribution in [0.1, 0.15) is 22.3 Å². The van der Waals surface area contributed by atoms with E-state index in [2.05, 4.69) is 254 Å². The Morgan fingerprint density at radius 3 is 1.40 bits per heavy atom. The van der Waals surface area contributed by atoms with Crippen LogP contribution in [0.4, 0.5) is 17.1 Å². The van der Waals surface area contributed by atoms with Gasteiger partial charge in [-0.15, -0.1) is 0 Å². The van der Waals surface area contributed by atoms with E-state index in [9.17, 15) is 0 Å². The lowest BCUT2D eigenvalue weighted by molar-refractivity contribution is 0.768. The smallest absolute Gasteiger partial charge is 0.0714 e. The van der Waals surface area contributed by atoms with E-state index in [1.54, 1.807) is 0 Å². The lowest BCUT2D eigenvalue weighted by atomic mass is 9.67. The molecule has 0 fully saturated rings. The lowest BCUT2D eigenvalue weighted by Crippen LogP contribution is -2.28. The van der Waals surface area contributed by atoms with Crippen LogP contribution in [0.25, 0.3) is 55.3 Å². The van der Waals surface area contributed by atoms with Crippen molar-refractivity contribution in [3.05, 3.63) is 271 Å². The normalized spacial score (nSPS) is 12.5. The van der Waals surface area contributed by atoms with Crippen LogP contribution in [0.2, 0.25) is 0 Å². The molecule has 60 heavy (non-hydrogen) atoms. The number of hydrogen-bond acceptors (Lipinski definition) is 1. The topological polar surface area (TPSA) is 3.24 Å². The highest BCUT2D eigenvalue weighted by molar-refractivity contribution is 6.04. The van der Waals surface area contributed by atoms with Gasteiger partial charge in [-0.2, -0.15) is 0 Å². The molecule has 10 aromatic rings. The van der Waals surface area contributed by atoms with E-state index in [4.69, 9.17) is 0 Å². The van der Waals surface area contributed by atoms with E-state index in [-0.39, 0.29) is 0 Å². The third-order valence-electron chi connectivity index (χ3n) is 12.4. The van der Waals surface area contributed by atoms with Gasteiger partial charge in [-0.25, -0.2) is 0 Å². The number of hydrogen-bond donors (Lipinski definition) is 0. The summed E-state index contributed by atoms with van der Waals surface area (Å²) in [6, 6.07) is 91.0. The van der Waals surface area contributed by atoms with E-state index in [0.717, 1.165) is 17.1 Å². The maximum atomic E-state index is 2.45. The van der Waals surface area contributed by atoms with Crippen molar-refractivity contribution in [2.75, 3.05) is 4.90 Å². The van der Waals surface area contributed by atoms with Gasteiger partial charge >= 0.3 is 0 Å². The minimum atomic E-state index is -0.499. The highest BCUT2D eigenvalue weighted by atomic mass is 15.1. The predicted octanol–water partition coefficient (Wildman–Crippen LogP) is 15.7. The van der Waals surface area contributed by atoms with E-state index >= 15 is 0 Å². The third-order valence-corrected chi connectivity index (χ3v) is 12.4. The van der Waals surface area contributed by atoms with Gasteiger partial charge in [-0.05, 0) is 114 Å². The van der Waals surface area contributed by atoms with Crippen LogP contribution in [0.5, 0.6) is 0 Å². The molecule has 0 aliphatic heterocycles. The summed E-state index contributed by atoms with van der Waals surface area (Å²) in [5.74, 6) is 0. The molecule has 0 saturated heterocycles. The van der Waals surface area contributed by atoms with Crippen LogP contribution >= 0.6 is 0 Å². The fourth-order valence-corrected chi connectivity index (χ4v) is 9.67. The van der Waals surface area contributed by atoms with Gasteiger partial charge in [0.1, 0.15) is 0 Å². The Hall–Kier alpha value is -7.74. The fourth-order valence-electron chi connectivity index (χ4n) is 9.67. The summed E-state index contributed by atoms with van der Waals surface area (Å²) in [5, 5.41) is 2.49. The summed E-state index contributed by atoms with van der Waals surface area (Å²) < 4.78 is 0. The van der Waals surface area contributed by atoms with Crippen LogP contribution in [0, 0.1) is 0 Å². The maximum absolute atomic E-state index is 2.45. The first kappa shape index (κ1) is 35.4. The fraction of sp³-hybridized carbons (Fsp3) is 0.0169. The van der Waals surface area contributed by atoms with Gasteiger partial charge in [-0.3, -0.25) is 0 Å². The Balaban J connectivity index is 1.10. The van der Waals surface area contributed by atoms with Crippen molar-refractivity contribution < 1.29 is 0 Å². The zero-order chi connectivity index (χ0) is 39.9. The second-order valence-electron chi connectivity index (χ2n) is 15.6. The lowest BCUT2D eigenvalue weighted by Gasteiger charge is -2.35. The summed E-state index contributed by atoms with van der Waals surface area (Å²) in [6.45, 7) is 0. The van der Waals surface area contributed by atoms with E-state index in [1.165, 1.54) is 77.5 Å². The first-order valence-corrected chi connectivity index (χ1v) is 20.8. The van der Waals surface area contributed by atoms with Crippen LogP contribution in [-0.2, 0) is 5.41 Å². The van der Waals surface area contributed by atoms with Gasteiger partial charge in [0.25, 0.3) is 0 Å². The molecule has 0 N–H and O–H groups in total. The van der Waals surface area contributed by atoms with Gasteiger partial charge in [0.2, 0.25) is 0 Å². The Morgan fingerprint density at radius 1 is 0.283 bits per heavy atom. The van der Waals surface area contributed by atoms with E-state index in [0.29, 0.717) is 0 Å². The molecule has 0 unspecified atom stereocenters. The van der Waals surface area contributed by atoms with E-state index in [1.807, 2.05) is 0 Å². The molecule has 0 heterocycles. The summed E-state index contributed by atoms with van der Waals surface area (Å²) in [7, 11) is 0. The molecule has 282 valence electrons. The second-order valence-corrected chi connectivity index (χ2v) is 15.6. The second kappa shape index (κ2) is 14.9. The minimum absolute atomic E-state index is 0.499. The largest absolute Gasteiger partial charge is 0.310 e. The number of nitrogens with zero attached hydrogens (tertiary/aromatic N) is 1. The van der Waals surface area contributed by atoms with Crippen molar-refractivity contribution in [1.29, 1.82) is 0 Å². The molecular weight excluding hydrogens is 723 g/mol. The van der Waals surface area contributed by atoms with Gasteiger partial charge in [0.05, 0.1) is 5.41 Å². The third kappa shape index (κ3) is 5.86. The van der Waals surface area contributed by atoms with Crippen molar-refractivity contribution in [3.63, 3.8) is 0 Å². The molecule has 1 nitrogen and oxygen atoms in total. The van der Waals surface area contributed by atoms with Gasteiger partial charge in [0.15, 0.2) is 0 Å². The molecule has 11 rings (SSSR count). The molecular formula is C59H41N. The number of benzene rings is 10. The van der Waals surface area contributed by atoms with Gasteiger partial charge in [0, 0.05) is 17.1 Å². The highest BCUT2D eigenvalue weighted by Crippen LogP contribution is 2.57. The van der Waals surface area contributed by atoms with Crippen molar-refractivity contribution >= 4 is 27.8 Å². The predicted molar refractivity (Wildman–Crippen MR) is 252 cm³/mol. The molecule has 0 radical (unpaired) electrons. The van der Waals surface area contributed by atoms with Crippen LogP contribution in [0.15, 0.2) is 249 Å². The van der Waals surface area contributed by atoms with Crippen molar-refractivity contribution in [1.82, 2.24) is 0 Å². The van der Waals surface area contributed by atoms with Gasteiger partial charge < -0.3 is 4.90 Å². The molecule has 0 spiro atoms. The van der Waals surface area contributed by atoms with Crippen molar-refractivity contribution in [2.24, 2.45) is 0 Å². The van der Waals surface area contributed by atoms with Crippen LogP contribution in [0.3, 0.4) is 0 Å². The maximum Gasteiger partial charge on any atom is 0.0714 e. The number of anilines is 3. The number of rotatable bonds is 8. The van der Waals surface area contributed by atoms with Crippen LogP contribution in [-0.4, -0.2) is 0 Å². The zero-order valence-electron chi connectivity index (χ0n) is 33.1. The Bertz CT molecular complexity index is 3060. The average molecular weight is 764 g/mol. The molecule has 10 aromatic carbocycles. The standard InChI is InChI=1S/C59H41N/c1-5-17-42(18-6-1)43-29-34-49(35-30-43)60(50-36-31-45(32-37-50)53-39-33-44-19-13-14-26-52(44)58(53)46-20-7-2-8-21-46)51-38-40-55-54-27-15-16-28-56(54)59(57(55)41-51,47-22-9-3-10-23-47)48-24-11-4-12-25-48/h1-41H. The zero-order valence-corrected chi connectivity index (χ0v) is 33.1. The monoisotopic (exact) mass is 763 g/mol. The first-order valence-electron chi connectivity index (χ1n) is 20.8. The molecule has 1 aliphatic rings. The quantitative estimate of drug-likeness (QED) is 0.149. The molecule has 0 amide bonds. The van der Waals surface area contributed by atoms with Crippen LogP contribution < -0.4 is 4.90 Å². The summed E-state index contributed by atoms with van der Waals surface area (Å²) >= 11 is 0. The first-order chi connectivity index (χ1) is 29.8. The minimum Gasteiger partial charge on any atom is -0.310 e. The summed E-state index contributed by atoms with van der Waals surface area (Å²) in [6.07, 6.45) is 0. The van der Waals surface area contributed by atoms with Gasteiger partial charge in [-0.1, -0.05) is 212 Å². The Kier molecular flexibility index (Phi) is 8.79. The SMILES string of the molecule is c1ccc(-c2ccc(N(c3ccc(-c4ccc5ccccc5c4-c4ccccc4)cc3)c3ccc4c(c3)C(c3ccccc3)(c3ccccc3)c3ccccc3-4)cc2)cc1. The molecule has 0 aromatic heterocycles. The summed E-state index contributed by atoms with van der Waals surface area (Å²) in [5.41, 5.74) is 17.7. The highest BCUT2D eigenvalue weighted by Gasteiger charge is 2.46. The molecule has 1 heteroatoms. The molecule has 0 atom stereocenters. The Labute approximate surface area is 352 Å². The Morgan fingerprint density at radius 2 is 0.750 bits per heavy atom. The van der Waals surface area contributed by atoms with Crippen molar-refractivity contribution in [3.8, 4) is 44.5 Å².